The first kappa shape index (κ1) is 22.5. The number of carboxylic acid groups (broad SMARTS) is 1. The maximum atomic E-state index is 12.2. The predicted molar refractivity (Wildman–Crippen MR) is 124 cm³/mol. The van der Waals surface area contributed by atoms with Gasteiger partial charge < -0.3 is 5.11 Å². The summed E-state index contributed by atoms with van der Waals surface area (Å²) in [6, 6.07) is 18.2. The molecule has 0 radical (unpaired) electrons. The predicted octanol–water partition coefficient (Wildman–Crippen LogP) is 3.78. The summed E-state index contributed by atoms with van der Waals surface area (Å²) < 4.78 is 1.32. The number of thioether (sulfide) groups is 1. The van der Waals surface area contributed by atoms with Gasteiger partial charge >= 0.3 is 142 Å². The minimum atomic E-state index is -0.833. The van der Waals surface area contributed by atoms with Gasteiger partial charge in [-0.3, -0.25) is 4.79 Å². The zero-order valence-electron chi connectivity index (χ0n) is 16.3. The zero-order valence-corrected chi connectivity index (χ0v) is 20.0. The van der Waals surface area contributed by atoms with Crippen LogP contribution in [0.5, 0.6) is 0 Å². The summed E-state index contributed by atoms with van der Waals surface area (Å²) in [5.74, 6) is -1.06. The number of carbonyl (C=O) groups excluding carboxylic acids is 1. The molecule has 146 valence electrons. The molecule has 1 amide bonds. The van der Waals surface area contributed by atoms with E-state index in [4.69, 9.17) is 9.90 Å². The van der Waals surface area contributed by atoms with Crippen LogP contribution in [-0.4, -0.2) is 55.1 Å². The van der Waals surface area contributed by atoms with Crippen molar-refractivity contribution in [3.05, 3.63) is 70.6 Å². The molecule has 0 aliphatic carbocycles. The molecule has 0 atom stereocenters. The maximum absolute atomic E-state index is 12.2. The molecule has 3 aromatic rings. The van der Waals surface area contributed by atoms with Crippen LogP contribution in [0.1, 0.15) is 12.6 Å². The first-order valence-electron chi connectivity index (χ1n) is 8.97. The normalized spacial score (nSPS) is 14.2. The second-order valence-corrected chi connectivity index (χ2v) is 9.33. The summed E-state index contributed by atoms with van der Waals surface area (Å²) in [4.78, 5) is 30.5. The van der Waals surface area contributed by atoms with E-state index in [-0.39, 0.29) is 5.91 Å². The van der Waals surface area contributed by atoms with Crippen molar-refractivity contribution in [1.82, 2.24) is 4.98 Å². The molecule has 6 nitrogen and oxygen atoms in total. The first-order chi connectivity index (χ1) is 14.4. The molecule has 1 aliphatic rings. The van der Waals surface area contributed by atoms with Crippen LogP contribution < -0.4 is 8.13 Å². The fraction of sp³-hybridized carbons (Fsp3) is 0.0476. The molecule has 30 heavy (non-hydrogen) atoms. The molecule has 0 fully saturated rings. The number of carbonyl (C=O) groups is 2. The van der Waals surface area contributed by atoms with Gasteiger partial charge in [0.1, 0.15) is 0 Å². The molecular formula is C21H16N3NaO3S2. The number of hydrogen-bond acceptors (Lipinski definition) is 6. The van der Waals surface area contributed by atoms with Crippen LogP contribution >= 0.6 is 23.1 Å². The standard InChI is InChI=1S/C19H12N3OS2.C2H4O2.Na/c23-17-16(25-19(22-17)21-14-9-5-2-6-10-14)11-15-12-24-18(20-15)13-7-3-1-4-8-13;1-2(3)4;/h1,3-12H,(H,21,22,23);1H3,(H,3,4);. The van der Waals surface area contributed by atoms with Crippen molar-refractivity contribution < 1.29 is 14.7 Å². The van der Waals surface area contributed by atoms with Crippen molar-refractivity contribution in [2.75, 3.05) is 5.32 Å². The van der Waals surface area contributed by atoms with Gasteiger partial charge in [0.2, 0.25) is 0 Å². The van der Waals surface area contributed by atoms with Crippen LogP contribution in [0.4, 0.5) is 5.69 Å². The Kier molecular flexibility index (Phi) is 8.01. The van der Waals surface area contributed by atoms with E-state index in [2.05, 4.69) is 27.4 Å². The molecule has 0 spiro atoms. The molecule has 0 saturated heterocycles. The van der Waals surface area contributed by atoms with E-state index in [1.165, 1.54) is 14.6 Å². The molecule has 4 rings (SSSR count). The van der Waals surface area contributed by atoms with Gasteiger partial charge in [-0.1, -0.05) is 30.3 Å². The van der Waals surface area contributed by atoms with Crippen LogP contribution in [0.15, 0.2) is 69.9 Å². The Balaban J connectivity index is 0.000000589. The molecule has 1 aliphatic heterocycles. The number of amides is 1. The SMILES string of the molecule is CC(=O)O.O=C1N=C(Nc2cc[c]([Na])cc2)SC1=Cc1csc(-c2ccccc2)n1. The van der Waals surface area contributed by atoms with Crippen molar-refractivity contribution in [1.29, 1.82) is 0 Å². The van der Waals surface area contributed by atoms with Crippen LogP contribution in [0, 0.1) is 0 Å². The number of aromatic nitrogens is 1. The molecule has 0 saturated carbocycles. The van der Waals surface area contributed by atoms with Crippen molar-refractivity contribution >= 4 is 82.6 Å². The number of aliphatic imine (C=N–C) groups is 1. The van der Waals surface area contributed by atoms with Gasteiger partial charge in [0, 0.05) is 12.5 Å². The van der Waals surface area contributed by atoms with E-state index >= 15 is 0 Å². The molecule has 1 aromatic heterocycles. The van der Waals surface area contributed by atoms with Crippen molar-refractivity contribution in [2.24, 2.45) is 4.99 Å². The van der Waals surface area contributed by atoms with E-state index in [1.807, 2.05) is 47.8 Å². The fourth-order valence-corrected chi connectivity index (χ4v) is 4.36. The first-order valence-corrected chi connectivity index (χ1v) is 11.7. The summed E-state index contributed by atoms with van der Waals surface area (Å²) in [5, 5.41) is 14.1. The van der Waals surface area contributed by atoms with Crippen LogP contribution in [-0.2, 0) is 9.59 Å². The number of nitrogens with one attached hydrogen (secondary N) is 1. The van der Waals surface area contributed by atoms with Gasteiger partial charge in [0.15, 0.2) is 0 Å². The monoisotopic (exact) mass is 445 g/mol. The Morgan fingerprint density at radius 2 is 1.80 bits per heavy atom. The second-order valence-electron chi connectivity index (χ2n) is 6.29. The number of carboxylic acids is 1. The Morgan fingerprint density at radius 3 is 2.47 bits per heavy atom. The van der Waals surface area contributed by atoms with Crippen LogP contribution in [0.2, 0.25) is 0 Å². The van der Waals surface area contributed by atoms with Crippen molar-refractivity contribution in [2.45, 2.75) is 6.92 Å². The van der Waals surface area contributed by atoms with Gasteiger partial charge in [-0.05, 0) is 0 Å². The summed E-state index contributed by atoms with van der Waals surface area (Å²) >= 11 is 3.93. The van der Waals surface area contributed by atoms with E-state index in [1.54, 1.807) is 17.4 Å². The van der Waals surface area contributed by atoms with Gasteiger partial charge in [0.25, 0.3) is 5.97 Å². The number of rotatable bonds is 3. The topological polar surface area (TPSA) is 91.6 Å². The number of thiazole rings is 1. The average Bonchev–Trinajstić information content (AvgIpc) is 3.31. The number of aliphatic carboxylic acids is 1. The van der Waals surface area contributed by atoms with E-state index in [0.717, 1.165) is 56.8 Å². The van der Waals surface area contributed by atoms with Crippen molar-refractivity contribution in [3.8, 4) is 10.6 Å². The quantitative estimate of drug-likeness (QED) is 0.471. The molecule has 2 N–H and O–H groups in total. The third-order valence-corrected chi connectivity index (χ3v) is 6.22. The third kappa shape index (κ3) is 6.65. The number of benzene rings is 2. The summed E-state index contributed by atoms with van der Waals surface area (Å²) in [6.07, 6.45) is 1.80. The van der Waals surface area contributed by atoms with E-state index in [0.29, 0.717) is 10.1 Å². The fourth-order valence-electron chi connectivity index (χ4n) is 2.42. The summed E-state index contributed by atoms with van der Waals surface area (Å²) in [6.45, 7) is 1.08. The molecule has 2 heterocycles. The minimum absolute atomic E-state index is 0.230. The zero-order chi connectivity index (χ0) is 21.5. The van der Waals surface area contributed by atoms with Gasteiger partial charge in [0.05, 0.1) is 0 Å². The Hall–Kier alpha value is -2.23. The van der Waals surface area contributed by atoms with Crippen LogP contribution in [0.25, 0.3) is 16.6 Å². The van der Waals surface area contributed by atoms with Gasteiger partial charge in [-0.15, -0.1) is 0 Å². The molecular weight excluding hydrogens is 429 g/mol. The Morgan fingerprint density at radius 1 is 1.13 bits per heavy atom. The summed E-state index contributed by atoms with van der Waals surface area (Å²) in [7, 11) is 0. The van der Waals surface area contributed by atoms with Crippen LogP contribution in [0.3, 0.4) is 0 Å². The van der Waals surface area contributed by atoms with Crippen molar-refractivity contribution in [3.63, 3.8) is 0 Å². The van der Waals surface area contributed by atoms with E-state index < -0.39 is 5.97 Å². The molecule has 0 unspecified atom stereocenters. The molecule has 9 heteroatoms. The molecule has 0 bridgehead atoms. The number of nitrogens with zero attached hydrogens (tertiary/aromatic N) is 2. The number of anilines is 1. The van der Waals surface area contributed by atoms with E-state index in [9.17, 15) is 4.79 Å². The van der Waals surface area contributed by atoms with Gasteiger partial charge in [-0.25, -0.2) is 0 Å². The Bertz CT molecular complexity index is 1110. The Labute approximate surface area is 199 Å². The second kappa shape index (κ2) is 10.7. The number of amidine groups is 1. The number of hydrogen-bond donors (Lipinski definition) is 2. The summed E-state index contributed by atoms with van der Waals surface area (Å²) in [5.41, 5.74) is 2.79. The van der Waals surface area contributed by atoms with Gasteiger partial charge in [-0.2, -0.15) is 0 Å². The third-order valence-electron chi connectivity index (χ3n) is 3.75. The molecule has 2 aromatic carbocycles. The average molecular weight is 446 g/mol.